The Bertz CT molecular complexity index is 757. The monoisotopic (exact) mass is 348 g/mol. The van der Waals surface area contributed by atoms with Gasteiger partial charge in [0.2, 0.25) is 5.91 Å². The lowest BCUT2D eigenvalue weighted by atomic mass is 9.90. The third-order valence-corrected chi connectivity index (χ3v) is 4.14. The Labute approximate surface area is 147 Å². The van der Waals surface area contributed by atoms with Gasteiger partial charge in [0.1, 0.15) is 6.04 Å². The van der Waals surface area contributed by atoms with Crippen molar-refractivity contribution in [2.24, 2.45) is 7.05 Å². The van der Waals surface area contributed by atoms with Crippen LogP contribution in [-0.4, -0.2) is 28.5 Å². The van der Waals surface area contributed by atoms with E-state index in [2.05, 4.69) is 15.7 Å². The summed E-state index contributed by atoms with van der Waals surface area (Å²) in [6, 6.07) is 5.08. The molecule has 1 amide bonds. The molecule has 6 nitrogen and oxygen atoms in total. The first-order chi connectivity index (χ1) is 11.1. The van der Waals surface area contributed by atoms with E-state index in [1.165, 1.54) is 0 Å². The Morgan fingerprint density at radius 2 is 2.12 bits per heavy atom. The normalized spacial score (nSPS) is 14.5. The summed E-state index contributed by atoms with van der Waals surface area (Å²) in [6.45, 7) is 0. The van der Waals surface area contributed by atoms with Crippen LogP contribution in [0.3, 0.4) is 0 Å². The zero-order chi connectivity index (χ0) is 16.4. The molecule has 3 rings (SSSR count). The molecule has 0 spiro atoms. The molecule has 7 heteroatoms. The number of carbonyl (C=O) groups is 2. The molecule has 128 valence electrons. The predicted octanol–water partition coefficient (Wildman–Crippen LogP) is 2.26. The molecular formula is C17H21ClN4O2. The van der Waals surface area contributed by atoms with Crippen molar-refractivity contribution in [3.8, 4) is 0 Å². The number of likely N-dealkylation sites (N-methyl/N-ethyl adjacent to an activating group) is 1. The van der Waals surface area contributed by atoms with Crippen molar-refractivity contribution in [1.82, 2.24) is 15.1 Å². The second kappa shape index (κ2) is 7.59. The summed E-state index contributed by atoms with van der Waals surface area (Å²) in [7, 11) is 3.54. The number of hydrogen-bond acceptors (Lipinski definition) is 4. The lowest BCUT2D eigenvalue weighted by Crippen LogP contribution is -2.30. The Hall–Kier alpha value is -2.18. The summed E-state index contributed by atoms with van der Waals surface area (Å²) < 4.78 is 1.66. The van der Waals surface area contributed by atoms with Gasteiger partial charge < -0.3 is 10.6 Å². The number of nitrogens with zero attached hydrogens (tertiary/aromatic N) is 2. The molecule has 0 saturated heterocycles. The van der Waals surface area contributed by atoms with Gasteiger partial charge in [-0.1, -0.05) is 6.07 Å². The van der Waals surface area contributed by atoms with E-state index in [-0.39, 0.29) is 24.1 Å². The molecule has 1 aromatic heterocycles. The van der Waals surface area contributed by atoms with Crippen LogP contribution in [-0.2, 0) is 18.3 Å². The van der Waals surface area contributed by atoms with Crippen molar-refractivity contribution in [3.63, 3.8) is 0 Å². The van der Waals surface area contributed by atoms with Crippen LogP contribution in [0.4, 0.5) is 5.69 Å². The molecule has 1 aliphatic rings. The van der Waals surface area contributed by atoms with E-state index < -0.39 is 6.04 Å². The van der Waals surface area contributed by atoms with Gasteiger partial charge in [-0.2, -0.15) is 5.10 Å². The number of aryl methyl sites for hydroxylation is 2. The van der Waals surface area contributed by atoms with E-state index >= 15 is 0 Å². The summed E-state index contributed by atoms with van der Waals surface area (Å²) >= 11 is 0. The minimum absolute atomic E-state index is 0. The predicted molar refractivity (Wildman–Crippen MR) is 94.6 cm³/mol. The zero-order valence-corrected chi connectivity index (χ0v) is 14.5. The van der Waals surface area contributed by atoms with E-state index in [4.69, 9.17) is 0 Å². The van der Waals surface area contributed by atoms with Gasteiger partial charge in [0, 0.05) is 36.5 Å². The van der Waals surface area contributed by atoms with Crippen molar-refractivity contribution in [1.29, 1.82) is 0 Å². The highest BCUT2D eigenvalue weighted by Gasteiger charge is 2.22. The van der Waals surface area contributed by atoms with Crippen LogP contribution in [0.25, 0.3) is 0 Å². The minimum Gasteiger partial charge on any atom is -0.324 e. The number of ketones is 1. The van der Waals surface area contributed by atoms with E-state index in [0.717, 1.165) is 29.5 Å². The molecule has 1 aromatic carbocycles. The number of rotatable bonds is 4. The molecule has 2 aromatic rings. The quantitative estimate of drug-likeness (QED) is 0.888. The molecule has 0 saturated carbocycles. The van der Waals surface area contributed by atoms with E-state index in [1.807, 2.05) is 19.2 Å². The average Bonchev–Trinajstić information content (AvgIpc) is 2.95. The summed E-state index contributed by atoms with van der Waals surface area (Å²) in [5, 5.41) is 9.97. The number of fused-ring (bicyclic) bond motifs is 1. The fourth-order valence-corrected chi connectivity index (χ4v) is 2.96. The van der Waals surface area contributed by atoms with Gasteiger partial charge in [-0.3, -0.25) is 14.3 Å². The van der Waals surface area contributed by atoms with Gasteiger partial charge in [0.15, 0.2) is 5.78 Å². The largest absolute Gasteiger partial charge is 0.324 e. The van der Waals surface area contributed by atoms with Crippen LogP contribution in [0.15, 0.2) is 30.6 Å². The number of halogens is 1. The first-order valence-electron chi connectivity index (χ1n) is 7.71. The maximum absolute atomic E-state index is 12.5. The fourth-order valence-electron chi connectivity index (χ4n) is 2.96. The molecule has 1 aliphatic carbocycles. The standard InChI is InChI=1S/C17H20N4O2.ClH/c1-18-16(12-9-19-21(2)10-12)17(23)20-13-7-6-11-4-3-5-15(22)14(11)8-13;/h6-10,16,18H,3-5H2,1-2H3,(H,20,23);1H. The topological polar surface area (TPSA) is 76.0 Å². The number of nitrogens with one attached hydrogen (secondary N) is 2. The second-order valence-electron chi connectivity index (χ2n) is 5.81. The summed E-state index contributed by atoms with van der Waals surface area (Å²) in [5.41, 5.74) is 3.24. The lowest BCUT2D eigenvalue weighted by Gasteiger charge is -2.18. The van der Waals surface area contributed by atoms with Gasteiger partial charge in [-0.25, -0.2) is 0 Å². The van der Waals surface area contributed by atoms with E-state index in [9.17, 15) is 9.59 Å². The van der Waals surface area contributed by atoms with Crippen LogP contribution < -0.4 is 10.6 Å². The van der Waals surface area contributed by atoms with E-state index in [1.54, 1.807) is 30.2 Å². The number of Topliss-reactive ketones (excluding diaryl/α,β-unsaturated/α-hetero) is 1. The minimum atomic E-state index is -0.490. The van der Waals surface area contributed by atoms with Gasteiger partial charge in [-0.15, -0.1) is 12.4 Å². The van der Waals surface area contributed by atoms with Crippen molar-refractivity contribution in [2.45, 2.75) is 25.3 Å². The van der Waals surface area contributed by atoms with Crippen LogP contribution in [0, 0.1) is 0 Å². The average molecular weight is 349 g/mol. The van der Waals surface area contributed by atoms with E-state index in [0.29, 0.717) is 12.1 Å². The summed E-state index contributed by atoms with van der Waals surface area (Å²) in [6.07, 6.45) is 5.87. The first-order valence-corrected chi connectivity index (χ1v) is 7.71. The zero-order valence-electron chi connectivity index (χ0n) is 13.7. The summed E-state index contributed by atoms with van der Waals surface area (Å²) in [4.78, 5) is 24.5. The molecule has 0 aliphatic heterocycles. The number of benzene rings is 1. The molecule has 2 N–H and O–H groups in total. The van der Waals surface area contributed by atoms with Crippen LogP contribution >= 0.6 is 12.4 Å². The lowest BCUT2D eigenvalue weighted by molar-refractivity contribution is -0.118. The third-order valence-electron chi connectivity index (χ3n) is 4.14. The van der Waals surface area contributed by atoms with Gasteiger partial charge in [0.05, 0.1) is 6.20 Å². The highest BCUT2D eigenvalue weighted by Crippen LogP contribution is 2.25. The molecule has 0 radical (unpaired) electrons. The van der Waals surface area contributed by atoms with Crippen LogP contribution in [0.2, 0.25) is 0 Å². The molecule has 0 fully saturated rings. The molecule has 1 heterocycles. The number of amides is 1. The molecule has 1 atom stereocenters. The number of aromatic nitrogens is 2. The highest BCUT2D eigenvalue weighted by atomic mass is 35.5. The Balaban J connectivity index is 0.00000208. The van der Waals surface area contributed by atoms with Crippen molar-refractivity contribution in [3.05, 3.63) is 47.3 Å². The maximum Gasteiger partial charge on any atom is 0.246 e. The molecule has 1 unspecified atom stereocenters. The molecule has 0 bridgehead atoms. The van der Waals surface area contributed by atoms with Crippen molar-refractivity contribution < 1.29 is 9.59 Å². The van der Waals surface area contributed by atoms with Crippen LogP contribution in [0.5, 0.6) is 0 Å². The van der Waals surface area contributed by atoms with Crippen molar-refractivity contribution >= 4 is 29.8 Å². The number of anilines is 1. The Morgan fingerprint density at radius 1 is 1.33 bits per heavy atom. The van der Waals surface area contributed by atoms with Crippen molar-refractivity contribution in [2.75, 3.05) is 12.4 Å². The Morgan fingerprint density at radius 3 is 2.79 bits per heavy atom. The second-order valence-corrected chi connectivity index (χ2v) is 5.81. The SMILES string of the molecule is CNC(C(=O)Nc1ccc2c(c1)C(=O)CCC2)c1cnn(C)c1.Cl. The molecular weight excluding hydrogens is 328 g/mol. The summed E-state index contributed by atoms with van der Waals surface area (Å²) in [5.74, 6) is -0.0246. The molecule has 24 heavy (non-hydrogen) atoms. The Kier molecular flexibility index (Phi) is 5.75. The van der Waals surface area contributed by atoms with Gasteiger partial charge in [-0.05, 0) is 37.6 Å². The smallest absolute Gasteiger partial charge is 0.246 e. The number of hydrogen-bond donors (Lipinski definition) is 2. The maximum atomic E-state index is 12.5. The number of carbonyl (C=O) groups excluding carboxylic acids is 2. The first kappa shape index (κ1) is 18.2. The fraction of sp³-hybridized carbons (Fsp3) is 0.353. The highest BCUT2D eigenvalue weighted by molar-refractivity contribution is 6.01. The van der Waals surface area contributed by atoms with Gasteiger partial charge in [0.25, 0.3) is 0 Å². The third kappa shape index (κ3) is 3.66. The van der Waals surface area contributed by atoms with Gasteiger partial charge >= 0.3 is 0 Å². The van der Waals surface area contributed by atoms with Crippen LogP contribution in [0.1, 0.15) is 40.4 Å².